The molecule has 0 saturated heterocycles. The second-order valence-corrected chi connectivity index (χ2v) is 20.8. The lowest BCUT2D eigenvalue weighted by Gasteiger charge is -2.23. The van der Waals surface area contributed by atoms with E-state index in [1.807, 2.05) is 0 Å². The van der Waals surface area contributed by atoms with E-state index in [1.165, 1.54) is 110 Å². The van der Waals surface area contributed by atoms with Crippen molar-refractivity contribution in [1.29, 1.82) is 0 Å². The number of fused-ring (bicyclic) bond motifs is 5. The van der Waals surface area contributed by atoms with Gasteiger partial charge in [-0.15, -0.1) is 0 Å². The van der Waals surface area contributed by atoms with Gasteiger partial charge in [-0.3, -0.25) is 0 Å². The smallest absolute Gasteiger partial charge is 0.0622 e. The van der Waals surface area contributed by atoms with Crippen LogP contribution in [0.4, 0.5) is 0 Å². The van der Waals surface area contributed by atoms with Gasteiger partial charge in [0, 0.05) is 0 Å². The first kappa shape index (κ1) is 35.1. The highest BCUT2D eigenvalue weighted by molar-refractivity contribution is 7.04. The lowest BCUT2D eigenvalue weighted by molar-refractivity contribution is 1.59. The monoisotopic (exact) mass is 766 g/mol. The molecule has 0 aromatic heterocycles. The number of hydrogen-bond acceptors (Lipinski definition) is 0. The van der Waals surface area contributed by atoms with Crippen molar-refractivity contribution in [2.45, 2.75) is 13.1 Å². The molecule has 10 aromatic carbocycles. The Labute approximate surface area is 347 Å². The minimum atomic E-state index is -2.13. The highest BCUT2D eigenvalue weighted by Crippen LogP contribution is 2.46. The zero-order valence-electron chi connectivity index (χ0n) is 33.3. The van der Waals surface area contributed by atoms with Crippen molar-refractivity contribution in [3.63, 3.8) is 0 Å². The summed E-state index contributed by atoms with van der Waals surface area (Å²) in [5, 5.41) is 8.20. The first-order valence-corrected chi connectivity index (χ1v) is 23.7. The van der Waals surface area contributed by atoms with Gasteiger partial charge in [-0.05, 0) is 122 Å². The molecule has 1 aliphatic heterocycles. The summed E-state index contributed by atoms with van der Waals surface area (Å²) in [5.74, 6) is 0. The SMILES string of the molecule is C[Si]1(C)c2cc(-c3cccc(-c4ccccc4)c3)ccc2-c2cc3c(-c4ccc(-c5ccccc5)cc4)c4ccccc4c(-c4ccc(-c5ccccc5)cc4)c3cc21. The van der Waals surface area contributed by atoms with Crippen molar-refractivity contribution < 1.29 is 0 Å². The standard InChI is InChI=1S/C58H42Si/c1-59(2)55-36-48(47-22-14-21-46(35-47)41-19-10-5-11-20-41)33-34-49(55)52-37-53-54(38-56(52)59)58(45-31-27-43(28-32-45)40-17-8-4-9-18-40)51-24-13-12-23-50(51)57(53)44-29-25-42(26-30-44)39-15-6-3-7-16-39/h3-38H,1-2H3. The molecule has 0 bridgehead atoms. The molecule has 0 nitrogen and oxygen atoms in total. The Bertz CT molecular complexity index is 3180. The van der Waals surface area contributed by atoms with E-state index in [1.54, 1.807) is 0 Å². The zero-order chi connectivity index (χ0) is 39.5. The number of rotatable bonds is 6. The molecule has 0 atom stereocenters. The average Bonchev–Trinajstić information content (AvgIpc) is 3.52. The Morgan fingerprint density at radius 2 is 0.593 bits per heavy atom. The fourth-order valence-electron chi connectivity index (χ4n) is 9.63. The van der Waals surface area contributed by atoms with Crippen LogP contribution in [0.15, 0.2) is 218 Å². The van der Waals surface area contributed by atoms with E-state index in [0.717, 1.165) is 0 Å². The highest BCUT2D eigenvalue weighted by Gasteiger charge is 2.38. The fourth-order valence-corrected chi connectivity index (χ4v) is 12.7. The van der Waals surface area contributed by atoms with Gasteiger partial charge in [0.25, 0.3) is 0 Å². The summed E-state index contributed by atoms with van der Waals surface area (Å²) in [5.41, 5.74) is 17.8. The van der Waals surface area contributed by atoms with Crippen LogP contribution in [-0.2, 0) is 0 Å². The fraction of sp³-hybridized carbons (Fsp3) is 0.0345. The molecule has 1 heteroatoms. The number of hydrogen-bond donors (Lipinski definition) is 0. The van der Waals surface area contributed by atoms with Crippen LogP contribution in [0.3, 0.4) is 0 Å². The van der Waals surface area contributed by atoms with E-state index in [0.29, 0.717) is 0 Å². The van der Waals surface area contributed by atoms with Crippen LogP contribution in [-0.4, -0.2) is 8.07 Å². The molecule has 59 heavy (non-hydrogen) atoms. The second kappa shape index (κ2) is 14.1. The molecule has 278 valence electrons. The van der Waals surface area contributed by atoms with Crippen molar-refractivity contribution in [1.82, 2.24) is 0 Å². The molecule has 11 rings (SSSR count). The zero-order valence-corrected chi connectivity index (χ0v) is 34.3. The van der Waals surface area contributed by atoms with Gasteiger partial charge in [0.2, 0.25) is 0 Å². The highest BCUT2D eigenvalue weighted by atomic mass is 28.3. The lowest BCUT2D eigenvalue weighted by Crippen LogP contribution is -2.49. The molecule has 1 heterocycles. The third kappa shape index (κ3) is 5.97. The lowest BCUT2D eigenvalue weighted by atomic mass is 9.84. The Morgan fingerprint density at radius 1 is 0.237 bits per heavy atom. The molecule has 0 amide bonds. The Morgan fingerprint density at radius 3 is 1.12 bits per heavy atom. The summed E-state index contributed by atoms with van der Waals surface area (Å²) >= 11 is 0. The van der Waals surface area contributed by atoms with E-state index in [-0.39, 0.29) is 0 Å². The van der Waals surface area contributed by atoms with Crippen molar-refractivity contribution >= 4 is 40.0 Å². The van der Waals surface area contributed by atoms with E-state index in [4.69, 9.17) is 0 Å². The van der Waals surface area contributed by atoms with E-state index < -0.39 is 8.07 Å². The third-order valence-corrected chi connectivity index (χ3v) is 16.2. The Kier molecular flexibility index (Phi) is 8.39. The van der Waals surface area contributed by atoms with Gasteiger partial charge in [-0.2, -0.15) is 0 Å². The maximum absolute atomic E-state index is 2.60. The predicted molar refractivity (Wildman–Crippen MR) is 256 cm³/mol. The van der Waals surface area contributed by atoms with Gasteiger partial charge in [-0.25, -0.2) is 0 Å². The van der Waals surface area contributed by atoms with Crippen LogP contribution < -0.4 is 10.4 Å². The van der Waals surface area contributed by atoms with Gasteiger partial charge >= 0.3 is 0 Å². The largest absolute Gasteiger partial charge is 0.113 e. The van der Waals surface area contributed by atoms with Crippen molar-refractivity contribution in [2.24, 2.45) is 0 Å². The molecule has 0 fully saturated rings. The van der Waals surface area contributed by atoms with Gasteiger partial charge in [-0.1, -0.05) is 219 Å². The van der Waals surface area contributed by atoms with Gasteiger partial charge < -0.3 is 0 Å². The van der Waals surface area contributed by atoms with E-state index in [9.17, 15) is 0 Å². The Balaban J connectivity index is 1.13. The number of benzene rings is 10. The summed E-state index contributed by atoms with van der Waals surface area (Å²) in [7, 11) is -2.13. The average molecular weight is 767 g/mol. The minimum absolute atomic E-state index is 1.23. The molecule has 0 saturated carbocycles. The van der Waals surface area contributed by atoms with Crippen LogP contribution in [0.5, 0.6) is 0 Å². The molecule has 0 radical (unpaired) electrons. The maximum atomic E-state index is 2.60. The van der Waals surface area contributed by atoms with Crippen LogP contribution in [0, 0.1) is 0 Å². The van der Waals surface area contributed by atoms with E-state index in [2.05, 4.69) is 231 Å². The first-order chi connectivity index (χ1) is 29.0. The van der Waals surface area contributed by atoms with Crippen LogP contribution in [0.2, 0.25) is 13.1 Å². The summed E-state index contributed by atoms with van der Waals surface area (Å²) in [6.45, 7) is 5.10. The van der Waals surface area contributed by atoms with Crippen LogP contribution in [0.1, 0.15) is 0 Å². The topological polar surface area (TPSA) is 0 Å². The summed E-state index contributed by atoms with van der Waals surface area (Å²) in [4.78, 5) is 0. The first-order valence-electron chi connectivity index (χ1n) is 20.7. The molecule has 10 aromatic rings. The van der Waals surface area contributed by atoms with Gasteiger partial charge in [0.05, 0.1) is 0 Å². The summed E-state index contributed by atoms with van der Waals surface area (Å²) in [6, 6.07) is 81.1. The van der Waals surface area contributed by atoms with Crippen molar-refractivity contribution in [2.75, 3.05) is 0 Å². The normalized spacial score (nSPS) is 12.7. The molecular weight excluding hydrogens is 725 g/mol. The van der Waals surface area contributed by atoms with E-state index >= 15 is 0 Å². The van der Waals surface area contributed by atoms with Crippen molar-refractivity contribution in [3.05, 3.63) is 218 Å². The van der Waals surface area contributed by atoms with Gasteiger partial charge in [0.1, 0.15) is 8.07 Å². The molecule has 0 N–H and O–H groups in total. The molecular formula is C58H42Si. The molecule has 0 unspecified atom stereocenters. The van der Waals surface area contributed by atoms with Crippen LogP contribution >= 0.6 is 0 Å². The van der Waals surface area contributed by atoms with Gasteiger partial charge in [0.15, 0.2) is 0 Å². The Hall–Kier alpha value is -7.06. The quantitative estimate of drug-likeness (QED) is 0.117. The molecule has 0 aliphatic carbocycles. The minimum Gasteiger partial charge on any atom is -0.0622 e. The summed E-state index contributed by atoms with van der Waals surface area (Å²) in [6.07, 6.45) is 0. The molecule has 0 spiro atoms. The third-order valence-electron chi connectivity index (χ3n) is 12.7. The summed E-state index contributed by atoms with van der Waals surface area (Å²) < 4.78 is 0. The van der Waals surface area contributed by atoms with Crippen LogP contribution in [0.25, 0.3) is 99.4 Å². The second-order valence-electron chi connectivity index (χ2n) is 16.5. The van der Waals surface area contributed by atoms with Crippen molar-refractivity contribution in [3.8, 4) is 77.9 Å². The predicted octanol–water partition coefficient (Wildman–Crippen LogP) is 14.8. The maximum Gasteiger partial charge on any atom is 0.113 e. The molecule has 1 aliphatic rings.